The van der Waals surface area contributed by atoms with Crippen LogP contribution in [0.2, 0.25) is 0 Å². The maximum Gasteiger partial charge on any atom is 0.0347 e. The molecular formula is C14H13N2. The molecule has 0 amide bonds. The first-order chi connectivity index (χ1) is 7.93. The quantitative estimate of drug-likeness (QED) is 0.778. The summed E-state index contributed by atoms with van der Waals surface area (Å²) in [6, 6.07) is 11.7. The number of nitrogens with zero attached hydrogens (tertiary/aromatic N) is 1. The normalized spacial score (nSPS) is 14.5. The fraction of sp³-hybridized carbons (Fsp3) is 0.214. The van der Waals surface area contributed by atoms with Crippen LogP contribution in [0.15, 0.2) is 36.7 Å². The molecule has 0 aliphatic carbocycles. The number of nitrogens with one attached hydrogen (secondary N) is 1. The molecule has 0 bridgehead atoms. The zero-order valence-electron chi connectivity index (χ0n) is 9.03. The molecule has 0 atom stereocenters. The highest BCUT2D eigenvalue weighted by atomic mass is 14.9. The third-order valence-corrected chi connectivity index (χ3v) is 3.03. The van der Waals surface area contributed by atoms with Crippen molar-refractivity contribution in [3.63, 3.8) is 0 Å². The highest BCUT2D eigenvalue weighted by molar-refractivity contribution is 5.63. The van der Waals surface area contributed by atoms with Crippen LogP contribution in [-0.4, -0.2) is 11.5 Å². The minimum Gasteiger partial charge on any atom is -0.312 e. The van der Waals surface area contributed by atoms with Crippen LogP contribution in [0, 0.1) is 6.07 Å². The van der Waals surface area contributed by atoms with Gasteiger partial charge >= 0.3 is 0 Å². The first-order valence-electron chi connectivity index (χ1n) is 5.57. The average molecular weight is 209 g/mol. The van der Waals surface area contributed by atoms with Gasteiger partial charge < -0.3 is 5.32 Å². The molecule has 2 heterocycles. The van der Waals surface area contributed by atoms with Gasteiger partial charge in [0.05, 0.1) is 0 Å². The lowest BCUT2D eigenvalue weighted by Gasteiger charge is -2.17. The summed E-state index contributed by atoms with van der Waals surface area (Å²) in [6.07, 6.45) is 4.69. The predicted octanol–water partition coefficient (Wildman–Crippen LogP) is 2.19. The van der Waals surface area contributed by atoms with Crippen molar-refractivity contribution in [3.05, 3.63) is 53.9 Å². The Morgan fingerprint density at radius 1 is 1.19 bits per heavy atom. The number of hydrogen-bond acceptors (Lipinski definition) is 2. The Hall–Kier alpha value is -1.67. The fourth-order valence-electron chi connectivity index (χ4n) is 2.14. The molecule has 0 fully saturated rings. The third kappa shape index (κ3) is 1.72. The van der Waals surface area contributed by atoms with Crippen molar-refractivity contribution in [2.45, 2.75) is 13.0 Å². The van der Waals surface area contributed by atoms with E-state index >= 15 is 0 Å². The zero-order chi connectivity index (χ0) is 10.8. The lowest BCUT2D eigenvalue weighted by molar-refractivity contribution is 0.644. The molecule has 0 saturated carbocycles. The van der Waals surface area contributed by atoms with Crippen molar-refractivity contribution in [1.82, 2.24) is 10.3 Å². The van der Waals surface area contributed by atoms with E-state index in [0.717, 1.165) is 25.1 Å². The fourth-order valence-corrected chi connectivity index (χ4v) is 2.14. The molecular weight excluding hydrogens is 196 g/mol. The highest BCUT2D eigenvalue weighted by Gasteiger charge is 2.09. The van der Waals surface area contributed by atoms with Gasteiger partial charge in [-0.15, -0.1) is 0 Å². The zero-order valence-corrected chi connectivity index (χ0v) is 9.03. The molecule has 0 saturated heterocycles. The molecule has 1 aliphatic rings. The maximum absolute atomic E-state index is 4.11. The second-order valence-corrected chi connectivity index (χ2v) is 4.08. The van der Waals surface area contributed by atoms with E-state index in [2.05, 4.69) is 34.6 Å². The van der Waals surface area contributed by atoms with Crippen molar-refractivity contribution in [2.75, 3.05) is 6.54 Å². The van der Waals surface area contributed by atoms with Gasteiger partial charge in [-0.25, -0.2) is 0 Å². The summed E-state index contributed by atoms with van der Waals surface area (Å²) in [5.41, 5.74) is 5.26. The first-order valence-corrected chi connectivity index (χ1v) is 5.57. The van der Waals surface area contributed by atoms with Gasteiger partial charge in [-0.05, 0) is 35.7 Å². The summed E-state index contributed by atoms with van der Waals surface area (Å²) in [4.78, 5) is 4.11. The largest absolute Gasteiger partial charge is 0.312 e. The minimum absolute atomic E-state index is 0.995. The number of aromatic nitrogens is 1. The van der Waals surface area contributed by atoms with Gasteiger partial charge in [0.15, 0.2) is 0 Å². The van der Waals surface area contributed by atoms with Crippen LogP contribution >= 0.6 is 0 Å². The molecule has 79 valence electrons. The number of fused-ring (bicyclic) bond motifs is 1. The maximum atomic E-state index is 4.11. The smallest absolute Gasteiger partial charge is 0.0347 e. The van der Waals surface area contributed by atoms with E-state index in [0.29, 0.717) is 0 Å². The summed E-state index contributed by atoms with van der Waals surface area (Å²) in [5, 5.41) is 3.38. The number of pyridine rings is 1. The molecule has 0 spiro atoms. The van der Waals surface area contributed by atoms with E-state index in [1.165, 1.54) is 16.7 Å². The topological polar surface area (TPSA) is 24.9 Å². The molecule has 0 unspecified atom stereocenters. The van der Waals surface area contributed by atoms with Crippen molar-refractivity contribution < 1.29 is 0 Å². The molecule has 1 aromatic heterocycles. The van der Waals surface area contributed by atoms with Crippen LogP contribution in [-0.2, 0) is 13.0 Å². The number of rotatable bonds is 1. The Bertz CT molecular complexity index is 491. The Labute approximate surface area is 95.3 Å². The van der Waals surface area contributed by atoms with Crippen LogP contribution in [0.3, 0.4) is 0 Å². The van der Waals surface area contributed by atoms with Gasteiger partial charge in [-0.2, -0.15) is 0 Å². The van der Waals surface area contributed by atoms with Crippen LogP contribution in [0.1, 0.15) is 11.1 Å². The summed E-state index contributed by atoms with van der Waals surface area (Å²) in [6.45, 7) is 2.07. The average Bonchev–Trinajstić information content (AvgIpc) is 2.39. The van der Waals surface area contributed by atoms with E-state index in [4.69, 9.17) is 0 Å². The SMILES string of the molecule is [c]1cncc(-c2ccc3c(c2)CCNC3)c1. The molecule has 2 nitrogen and oxygen atoms in total. The third-order valence-electron chi connectivity index (χ3n) is 3.03. The van der Waals surface area contributed by atoms with E-state index in [-0.39, 0.29) is 0 Å². The predicted molar refractivity (Wildman–Crippen MR) is 63.9 cm³/mol. The first kappa shape index (κ1) is 9.55. The molecule has 1 N–H and O–H groups in total. The standard InChI is InChI=1S/C14H13N2/c1-2-13(9-15-6-1)11-3-4-14-10-16-7-5-12(14)8-11/h2-4,6,8-9,16H,5,7,10H2. The molecule has 2 heteroatoms. The van der Waals surface area contributed by atoms with E-state index < -0.39 is 0 Å². The molecule has 16 heavy (non-hydrogen) atoms. The minimum atomic E-state index is 0.995. The molecule has 1 aromatic carbocycles. The van der Waals surface area contributed by atoms with E-state index in [1.54, 1.807) is 6.20 Å². The second kappa shape index (κ2) is 4.06. The van der Waals surface area contributed by atoms with Crippen molar-refractivity contribution in [2.24, 2.45) is 0 Å². The monoisotopic (exact) mass is 209 g/mol. The summed E-state index contributed by atoms with van der Waals surface area (Å²) >= 11 is 0. The Kier molecular flexibility index (Phi) is 2.43. The molecule has 1 radical (unpaired) electrons. The summed E-state index contributed by atoms with van der Waals surface area (Å²) in [7, 11) is 0. The van der Waals surface area contributed by atoms with Crippen LogP contribution < -0.4 is 5.32 Å². The number of benzene rings is 1. The van der Waals surface area contributed by atoms with Gasteiger partial charge in [0.1, 0.15) is 0 Å². The summed E-state index contributed by atoms with van der Waals surface area (Å²) < 4.78 is 0. The number of hydrogen-bond donors (Lipinski definition) is 1. The van der Waals surface area contributed by atoms with Crippen LogP contribution in [0.4, 0.5) is 0 Å². The summed E-state index contributed by atoms with van der Waals surface area (Å²) in [5.74, 6) is 0. The van der Waals surface area contributed by atoms with Gasteiger partial charge in [0.25, 0.3) is 0 Å². The lowest BCUT2D eigenvalue weighted by Crippen LogP contribution is -2.23. The van der Waals surface area contributed by atoms with E-state index in [9.17, 15) is 0 Å². The molecule has 2 aromatic rings. The Balaban J connectivity index is 2.03. The molecule has 1 aliphatic heterocycles. The van der Waals surface area contributed by atoms with Gasteiger partial charge in [-0.3, -0.25) is 4.98 Å². The van der Waals surface area contributed by atoms with Crippen molar-refractivity contribution in [3.8, 4) is 11.1 Å². The molecule has 3 rings (SSSR count). The van der Waals surface area contributed by atoms with Gasteiger partial charge in [0, 0.05) is 30.6 Å². The van der Waals surface area contributed by atoms with Crippen LogP contribution in [0.25, 0.3) is 11.1 Å². The van der Waals surface area contributed by atoms with E-state index in [1.807, 2.05) is 12.3 Å². The van der Waals surface area contributed by atoms with Gasteiger partial charge in [-0.1, -0.05) is 18.2 Å². The van der Waals surface area contributed by atoms with Crippen molar-refractivity contribution in [1.29, 1.82) is 0 Å². The second-order valence-electron chi connectivity index (χ2n) is 4.08. The van der Waals surface area contributed by atoms with Gasteiger partial charge in [0.2, 0.25) is 0 Å². The van der Waals surface area contributed by atoms with Crippen molar-refractivity contribution >= 4 is 0 Å². The van der Waals surface area contributed by atoms with Crippen LogP contribution in [0.5, 0.6) is 0 Å². The lowest BCUT2D eigenvalue weighted by atomic mass is 9.96. The Morgan fingerprint density at radius 3 is 3.06 bits per heavy atom. The highest BCUT2D eigenvalue weighted by Crippen LogP contribution is 2.23. The Morgan fingerprint density at radius 2 is 2.19 bits per heavy atom.